The molecular formula is C35H35N3O6S. The van der Waals surface area contributed by atoms with E-state index in [9.17, 15) is 14.4 Å². The number of hydrogen-bond acceptors (Lipinski definition) is 8. The van der Waals surface area contributed by atoms with Crippen molar-refractivity contribution >= 4 is 35.0 Å². The molecule has 4 aromatic rings. The maximum atomic E-state index is 13.9. The van der Waals surface area contributed by atoms with E-state index in [1.165, 1.54) is 11.3 Å². The first-order valence-electron chi connectivity index (χ1n) is 14.7. The molecule has 45 heavy (non-hydrogen) atoms. The summed E-state index contributed by atoms with van der Waals surface area (Å²) in [5.41, 5.74) is 4.81. The summed E-state index contributed by atoms with van der Waals surface area (Å²) in [4.78, 5) is 44.7. The average molecular weight is 626 g/mol. The molecule has 3 aromatic carbocycles. The molecular weight excluding hydrogens is 590 g/mol. The van der Waals surface area contributed by atoms with Gasteiger partial charge in [0.05, 0.1) is 35.1 Å². The van der Waals surface area contributed by atoms with Crippen LogP contribution in [0, 0.1) is 13.8 Å². The van der Waals surface area contributed by atoms with Crippen molar-refractivity contribution in [3.63, 3.8) is 0 Å². The number of para-hydroxylation sites is 1. The summed E-state index contributed by atoms with van der Waals surface area (Å²) in [6.07, 6.45) is 1.76. The third-order valence-corrected chi connectivity index (χ3v) is 8.24. The van der Waals surface area contributed by atoms with Gasteiger partial charge in [-0.2, -0.15) is 0 Å². The highest BCUT2D eigenvalue weighted by molar-refractivity contribution is 7.07. The van der Waals surface area contributed by atoms with Crippen molar-refractivity contribution < 1.29 is 23.8 Å². The average Bonchev–Trinajstić information content (AvgIpc) is 3.31. The van der Waals surface area contributed by atoms with Crippen molar-refractivity contribution in [2.75, 3.05) is 25.1 Å². The van der Waals surface area contributed by atoms with Crippen molar-refractivity contribution in [3.8, 4) is 11.5 Å². The van der Waals surface area contributed by atoms with E-state index < -0.39 is 12.0 Å². The largest absolute Gasteiger partial charge is 0.490 e. The number of carbonyl (C=O) groups excluding carboxylic acids is 2. The number of thiazole rings is 1. The molecule has 0 radical (unpaired) electrons. The second-order valence-corrected chi connectivity index (χ2v) is 11.5. The Balaban J connectivity index is 1.47. The van der Waals surface area contributed by atoms with Gasteiger partial charge in [-0.25, -0.2) is 9.79 Å². The Morgan fingerprint density at radius 2 is 1.71 bits per heavy atom. The number of nitrogens with one attached hydrogen (secondary N) is 1. The molecule has 0 spiro atoms. The number of carbonyl (C=O) groups is 2. The molecule has 9 nitrogen and oxygen atoms in total. The Morgan fingerprint density at radius 3 is 2.42 bits per heavy atom. The highest BCUT2D eigenvalue weighted by atomic mass is 32.1. The minimum atomic E-state index is -0.677. The number of amides is 1. The summed E-state index contributed by atoms with van der Waals surface area (Å²) in [5, 5.41) is 2.86. The lowest BCUT2D eigenvalue weighted by Crippen LogP contribution is -2.39. The molecule has 232 valence electrons. The van der Waals surface area contributed by atoms with Crippen LogP contribution < -0.4 is 29.7 Å². The van der Waals surface area contributed by atoms with Crippen LogP contribution in [0.2, 0.25) is 0 Å². The fourth-order valence-electron chi connectivity index (χ4n) is 5.05. The minimum absolute atomic E-state index is 0.201. The third kappa shape index (κ3) is 6.91. The number of aryl methyl sites for hydroxylation is 2. The van der Waals surface area contributed by atoms with E-state index in [0.717, 1.165) is 22.4 Å². The standard InChI is InChI=1S/C35H35N3O6S/c1-6-42-28-18-24(14-17-27(28)44-20-30(39)37-26-11-9-8-10-22(26)4)19-29-33(40)38-32(25-15-12-21(3)13-16-25)31(34(41)43-7-2)23(5)36-35(38)45-29/h8-19,32H,6-7,20H2,1-5H3,(H,37,39)/b29-19+/t32-/m0/s1. The van der Waals surface area contributed by atoms with Crippen LogP contribution in [0.3, 0.4) is 0 Å². The first-order valence-corrected chi connectivity index (χ1v) is 15.5. The molecule has 1 aromatic heterocycles. The van der Waals surface area contributed by atoms with E-state index in [-0.39, 0.29) is 24.7 Å². The molecule has 1 amide bonds. The number of aromatic nitrogens is 1. The van der Waals surface area contributed by atoms with Crippen molar-refractivity contribution in [1.29, 1.82) is 0 Å². The Labute approximate surface area is 265 Å². The van der Waals surface area contributed by atoms with Gasteiger partial charge in [0, 0.05) is 5.69 Å². The first-order chi connectivity index (χ1) is 21.7. The highest BCUT2D eigenvalue weighted by Gasteiger charge is 2.33. The van der Waals surface area contributed by atoms with E-state index >= 15 is 0 Å². The highest BCUT2D eigenvalue weighted by Crippen LogP contribution is 2.31. The number of benzene rings is 3. The number of ether oxygens (including phenoxy) is 3. The van der Waals surface area contributed by atoms with Gasteiger partial charge in [-0.1, -0.05) is 65.4 Å². The topological polar surface area (TPSA) is 108 Å². The normalized spacial score (nSPS) is 14.4. The zero-order valence-corrected chi connectivity index (χ0v) is 26.7. The molecule has 1 atom stereocenters. The number of esters is 1. The predicted octanol–water partition coefficient (Wildman–Crippen LogP) is 4.83. The fraction of sp³-hybridized carbons (Fsp3) is 0.257. The van der Waals surface area contributed by atoms with Gasteiger partial charge in [0.2, 0.25) is 0 Å². The van der Waals surface area contributed by atoms with Gasteiger partial charge in [0.15, 0.2) is 22.9 Å². The van der Waals surface area contributed by atoms with E-state index in [1.807, 2.05) is 69.3 Å². The molecule has 0 unspecified atom stereocenters. The number of nitrogens with zero attached hydrogens (tertiary/aromatic N) is 2. The van der Waals surface area contributed by atoms with Crippen LogP contribution in [0.15, 0.2) is 87.8 Å². The van der Waals surface area contributed by atoms with Gasteiger partial charge >= 0.3 is 5.97 Å². The second-order valence-electron chi connectivity index (χ2n) is 10.5. The monoisotopic (exact) mass is 625 g/mol. The second kappa shape index (κ2) is 13.8. The number of hydrogen-bond donors (Lipinski definition) is 1. The number of fused-ring (bicyclic) bond motifs is 1. The lowest BCUT2D eigenvalue weighted by Gasteiger charge is -2.24. The maximum Gasteiger partial charge on any atom is 0.338 e. The van der Waals surface area contributed by atoms with Crippen LogP contribution in [0.1, 0.15) is 49.1 Å². The molecule has 5 rings (SSSR count). The van der Waals surface area contributed by atoms with Crippen LogP contribution in [0.5, 0.6) is 11.5 Å². The Morgan fingerprint density at radius 1 is 0.956 bits per heavy atom. The Hall–Kier alpha value is -4.96. The van der Waals surface area contributed by atoms with Crippen molar-refractivity contribution in [3.05, 3.63) is 120 Å². The molecule has 0 aliphatic carbocycles. The summed E-state index contributed by atoms with van der Waals surface area (Å²) in [6.45, 7) is 9.65. The lowest BCUT2D eigenvalue weighted by atomic mass is 9.95. The molecule has 1 aliphatic heterocycles. The van der Waals surface area contributed by atoms with Crippen LogP contribution in [-0.2, 0) is 14.3 Å². The summed E-state index contributed by atoms with van der Waals surface area (Å²) in [5.74, 6) is 0.0610. The van der Waals surface area contributed by atoms with E-state index in [0.29, 0.717) is 44.3 Å². The summed E-state index contributed by atoms with van der Waals surface area (Å²) >= 11 is 1.25. The Bertz CT molecular complexity index is 1960. The Kier molecular flexibility index (Phi) is 9.63. The lowest BCUT2D eigenvalue weighted by molar-refractivity contribution is -0.139. The molecule has 1 N–H and O–H groups in total. The quantitative estimate of drug-likeness (QED) is 0.253. The zero-order chi connectivity index (χ0) is 32.1. The van der Waals surface area contributed by atoms with Gasteiger partial charge in [-0.05, 0) is 75.6 Å². The predicted molar refractivity (Wildman–Crippen MR) is 174 cm³/mol. The first kappa shape index (κ1) is 31.5. The molecule has 0 bridgehead atoms. The van der Waals surface area contributed by atoms with Crippen molar-refractivity contribution in [2.45, 2.75) is 40.7 Å². The third-order valence-electron chi connectivity index (χ3n) is 7.25. The number of allylic oxidation sites excluding steroid dienone is 1. The molecule has 1 aliphatic rings. The van der Waals surface area contributed by atoms with E-state index in [1.54, 1.807) is 42.7 Å². The van der Waals surface area contributed by atoms with Gasteiger partial charge < -0.3 is 19.5 Å². The zero-order valence-electron chi connectivity index (χ0n) is 25.9. The van der Waals surface area contributed by atoms with Gasteiger partial charge in [-0.3, -0.25) is 14.2 Å². The van der Waals surface area contributed by atoms with Gasteiger partial charge in [0.1, 0.15) is 0 Å². The van der Waals surface area contributed by atoms with Gasteiger partial charge in [0.25, 0.3) is 11.5 Å². The molecule has 0 saturated carbocycles. The molecule has 2 heterocycles. The summed E-state index contributed by atoms with van der Waals surface area (Å²) in [7, 11) is 0. The van der Waals surface area contributed by atoms with Crippen LogP contribution in [0.25, 0.3) is 6.08 Å². The van der Waals surface area contributed by atoms with Crippen LogP contribution >= 0.6 is 11.3 Å². The smallest absolute Gasteiger partial charge is 0.338 e. The van der Waals surface area contributed by atoms with E-state index in [4.69, 9.17) is 14.2 Å². The molecule has 0 saturated heterocycles. The van der Waals surface area contributed by atoms with Crippen molar-refractivity contribution in [1.82, 2.24) is 4.57 Å². The summed E-state index contributed by atoms with van der Waals surface area (Å²) < 4.78 is 19.0. The van der Waals surface area contributed by atoms with Crippen LogP contribution in [-0.4, -0.2) is 36.3 Å². The molecule has 0 fully saturated rings. The van der Waals surface area contributed by atoms with Gasteiger partial charge in [-0.15, -0.1) is 0 Å². The minimum Gasteiger partial charge on any atom is -0.490 e. The summed E-state index contributed by atoms with van der Waals surface area (Å²) in [6, 6.07) is 19.9. The number of anilines is 1. The fourth-order valence-corrected chi connectivity index (χ4v) is 6.10. The van der Waals surface area contributed by atoms with E-state index in [2.05, 4.69) is 10.3 Å². The van der Waals surface area contributed by atoms with Crippen LogP contribution in [0.4, 0.5) is 5.69 Å². The SMILES string of the molecule is CCOC(=O)C1=C(C)N=c2s/c(=C/c3ccc(OCC(=O)Nc4ccccc4C)c(OCC)c3)c(=O)n2[C@H]1c1ccc(C)cc1. The number of rotatable bonds is 10. The molecule has 10 heteroatoms. The maximum absolute atomic E-state index is 13.9. The van der Waals surface area contributed by atoms with Crippen molar-refractivity contribution in [2.24, 2.45) is 4.99 Å².